The second kappa shape index (κ2) is 9.96. The number of aromatic nitrogens is 1. The van der Waals surface area contributed by atoms with Gasteiger partial charge in [-0.2, -0.15) is 0 Å². The number of nitrogens with zero attached hydrogens (tertiary/aromatic N) is 1. The number of hydrogen-bond donors (Lipinski definition) is 1. The molecule has 2 heteroatoms. The molecule has 0 saturated heterocycles. The molecule has 0 aliphatic rings. The van der Waals surface area contributed by atoms with Gasteiger partial charge in [-0.1, -0.05) is 52.4 Å². The van der Waals surface area contributed by atoms with E-state index in [9.17, 15) is 0 Å². The summed E-state index contributed by atoms with van der Waals surface area (Å²) in [5.74, 6) is 0.559. The third-order valence-electron chi connectivity index (χ3n) is 4.07. The van der Waals surface area contributed by atoms with Crippen molar-refractivity contribution in [3.8, 4) is 0 Å². The van der Waals surface area contributed by atoms with Crippen LogP contribution >= 0.6 is 0 Å². The molecule has 1 aromatic heterocycles. The van der Waals surface area contributed by atoms with Crippen molar-refractivity contribution in [2.45, 2.75) is 70.8 Å². The topological polar surface area (TPSA) is 24.9 Å². The van der Waals surface area contributed by atoms with Gasteiger partial charge in [-0.25, -0.2) is 0 Å². The molecule has 0 amide bonds. The average Bonchev–Trinajstić information content (AvgIpc) is 2.47. The van der Waals surface area contributed by atoms with Crippen molar-refractivity contribution in [1.29, 1.82) is 0 Å². The smallest absolute Gasteiger partial charge is 0.0270 e. The van der Waals surface area contributed by atoms with E-state index in [0.717, 1.165) is 0 Å². The highest BCUT2D eigenvalue weighted by Gasteiger charge is 2.16. The Labute approximate surface area is 119 Å². The molecule has 2 unspecified atom stereocenters. The minimum absolute atomic E-state index is 0.559. The van der Waals surface area contributed by atoms with Gasteiger partial charge in [-0.15, -0.1) is 0 Å². The maximum absolute atomic E-state index is 4.10. The van der Waals surface area contributed by atoms with Gasteiger partial charge >= 0.3 is 0 Å². The van der Waals surface area contributed by atoms with Crippen molar-refractivity contribution >= 4 is 0 Å². The van der Waals surface area contributed by atoms with Gasteiger partial charge < -0.3 is 5.32 Å². The van der Waals surface area contributed by atoms with Gasteiger partial charge in [-0.05, 0) is 37.1 Å². The fraction of sp³-hybridized carbons (Fsp3) is 0.706. The highest BCUT2D eigenvalue weighted by molar-refractivity contribution is 5.16. The molecule has 1 rings (SSSR count). The quantitative estimate of drug-likeness (QED) is 0.627. The summed E-state index contributed by atoms with van der Waals surface area (Å²) in [5, 5.41) is 3.48. The molecular formula is C17H30N2. The molecular weight excluding hydrogens is 232 g/mol. The van der Waals surface area contributed by atoms with Crippen LogP contribution < -0.4 is 5.32 Å². The predicted octanol–water partition coefficient (Wildman–Crippen LogP) is 4.52. The molecule has 0 saturated carbocycles. The number of nitrogens with one attached hydrogen (secondary N) is 1. The van der Waals surface area contributed by atoms with E-state index < -0.39 is 0 Å². The summed E-state index contributed by atoms with van der Waals surface area (Å²) in [6, 6.07) is 4.85. The van der Waals surface area contributed by atoms with Gasteiger partial charge in [0.05, 0.1) is 0 Å². The Balaban J connectivity index is 2.29. The lowest BCUT2D eigenvalue weighted by Gasteiger charge is -2.24. The lowest BCUT2D eigenvalue weighted by molar-refractivity contribution is 0.431. The summed E-state index contributed by atoms with van der Waals surface area (Å²) in [5.41, 5.74) is 1.39. The van der Waals surface area contributed by atoms with Gasteiger partial charge in [0, 0.05) is 18.4 Å². The van der Waals surface area contributed by atoms with Crippen LogP contribution in [0.4, 0.5) is 0 Å². The Bertz CT molecular complexity index is 310. The fourth-order valence-electron chi connectivity index (χ4n) is 2.69. The van der Waals surface area contributed by atoms with Crippen LogP contribution in [0.25, 0.3) is 0 Å². The minimum Gasteiger partial charge on any atom is -0.316 e. The van der Waals surface area contributed by atoms with Crippen LogP contribution in [0.5, 0.6) is 0 Å². The van der Waals surface area contributed by atoms with E-state index in [-0.39, 0.29) is 0 Å². The van der Waals surface area contributed by atoms with E-state index >= 15 is 0 Å². The number of hydrogen-bond acceptors (Lipinski definition) is 2. The molecule has 0 radical (unpaired) electrons. The summed E-state index contributed by atoms with van der Waals surface area (Å²) in [6.07, 6.45) is 13.3. The normalized spacial score (nSPS) is 14.3. The molecule has 0 fully saturated rings. The molecule has 1 heterocycles. The maximum atomic E-state index is 4.10. The summed E-state index contributed by atoms with van der Waals surface area (Å²) in [4.78, 5) is 4.10. The van der Waals surface area contributed by atoms with Crippen molar-refractivity contribution in [3.05, 3.63) is 30.1 Å². The van der Waals surface area contributed by atoms with Crippen LogP contribution in [0, 0.1) is 0 Å². The van der Waals surface area contributed by atoms with E-state index in [4.69, 9.17) is 0 Å². The zero-order chi connectivity index (χ0) is 13.9. The highest BCUT2D eigenvalue weighted by atomic mass is 14.9. The van der Waals surface area contributed by atoms with E-state index in [1.165, 1.54) is 50.5 Å². The first-order chi connectivity index (χ1) is 9.29. The molecule has 0 aliphatic heterocycles. The Morgan fingerprint density at radius 1 is 1.05 bits per heavy atom. The van der Waals surface area contributed by atoms with Gasteiger partial charge in [0.25, 0.3) is 0 Å². The molecule has 108 valence electrons. The first-order valence-corrected chi connectivity index (χ1v) is 7.86. The van der Waals surface area contributed by atoms with E-state index in [1.54, 1.807) is 0 Å². The summed E-state index contributed by atoms with van der Waals surface area (Å²) in [7, 11) is 2.08. The third kappa shape index (κ3) is 6.20. The Morgan fingerprint density at radius 2 is 1.68 bits per heavy atom. The van der Waals surface area contributed by atoms with Gasteiger partial charge in [-0.3, -0.25) is 4.98 Å². The first-order valence-electron chi connectivity index (χ1n) is 7.86. The molecule has 1 aromatic rings. The Kier molecular flexibility index (Phi) is 8.48. The number of rotatable bonds is 10. The van der Waals surface area contributed by atoms with E-state index in [2.05, 4.69) is 43.3 Å². The lowest BCUT2D eigenvalue weighted by Crippen LogP contribution is -2.30. The maximum Gasteiger partial charge on any atom is 0.0270 e. The molecule has 1 N–H and O–H groups in total. The lowest BCUT2D eigenvalue weighted by atomic mass is 9.90. The van der Waals surface area contributed by atoms with Gasteiger partial charge in [0.2, 0.25) is 0 Å². The minimum atomic E-state index is 0.559. The van der Waals surface area contributed by atoms with Crippen LogP contribution in [0.3, 0.4) is 0 Å². The van der Waals surface area contributed by atoms with Crippen LogP contribution in [0.15, 0.2) is 24.5 Å². The molecule has 2 atom stereocenters. The molecule has 0 aromatic carbocycles. The fourth-order valence-corrected chi connectivity index (χ4v) is 2.69. The van der Waals surface area contributed by atoms with Crippen molar-refractivity contribution in [1.82, 2.24) is 10.3 Å². The summed E-state index contributed by atoms with van der Waals surface area (Å²) >= 11 is 0. The SMILES string of the molecule is CCCCCCCCC(NC)C(C)c1ccncc1. The highest BCUT2D eigenvalue weighted by Crippen LogP contribution is 2.22. The number of unbranched alkanes of at least 4 members (excludes halogenated alkanes) is 5. The van der Waals surface area contributed by atoms with Gasteiger partial charge in [0.15, 0.2) is 0 Å². The van der Waals surface area contributed by atoms with Crippen molar-refractivity contribution in [2.75, 3.05) is 7.05 Å². The second-order valence-corrected chi connectivity index (χ2v) is 5.52. The van der Waals surface area contributed by atoms with Crippen molar-refractivity contribution in [3.63, 3.8) is 0 Å². The molecule has 0 spiro atoms. The molecule has 0 bridgehead atoms. The zero-order valence-corrected chi connectivity index (χ0v) is 12.9. The number of pyridine rings is 1. The zero-order valence-electron chi connectivity index (χ0n) is 12.9. The van der Waals surface area contributed by atoms with E-state index in [1.807, 2.05) is 12.4 Å². The predicted molar refractivity (Wildman–Crippen MR) is 83.5 cm³/mol. The van der Waals surface area contributed by atoms with Crippen LogP contribution in [0.1, 0.15) is 70.3 Å². The van der Waals surface area contributed by atoms with Crippen LogP contribution in [-0.4, -0.2) is 18.1 Å². The average molecular weight is 262 g/mol. The van der Waals surface area contributed by atoms with Crippen LogP contribution in [0.2, 0.25) is 0 Å². The van der Waals surface area contributed by atoms with Crippen molar-refractivity contribution in [2.24, 2.45) is 0 Å². The molecule has 2 nitrogen and oxygen atoms in total. The summed E-state index contributed by atoms with van der Waals surface area (Å²) in [6.45, 7) is 4.58. The standard InChI is InChI=1S/C17H30N2/c1-4-5-6-7-8-9-10-17(18-3)15(2)16-11-13-19-14-12-16/h11-15,17-18H,4-10H2,1-3H3. The van der Waals surface area contributed by atoms with Gasteiger partial charge in [0.1, 0.15) is 0 Å². The monoisotopic (exact) mass is 262 g/mol. The largest absolute Gasteiger partial charge is 0.316 e. The first kappa shape index (κ1) is 16.2. The van der Waals surface area contributed by atoms with E-state index in [0.29, 0.717) is 12.0 Å². The van der Waals surface area contributed by atoms with Crippen LogP contribution in [-0.2, 0) is 0 Å². The van der Waals surface area contributed by atoms with Crippen molar-refractivity contribution < 1.29 is 0 Å². The second-order valence-electron chi connectivity index (χ2n) is 5.52. The Hall–Kier alpha value is -0.890. The third-order valence-corrected chi connectivity index (χ3v) is 4.07. The number of likely N-dealkylation sites (N-methyl/N-ethyl adjacent to an activating group) is 1. The Morgan fingerprint density at radius 3 is 2.32 bits per heavy atom. The molecule has 19 heavy (non-hydrogen) atoms. The summed E-state index contributed by atoms with van der Waals surface area (Å²) < 4.78 is 0. The molecule has 0 aliphatic carbocycles.